The Balaban J connectivity index is 2.83. The van der Waals surface area contributed by atoms with Crippen molar-refractivity contribution in [2.45, 2.75) is 12.5 Å². The van der Waals surface area contributed by atoms with Gasteiger partial charge in [0.05, 0.1) is 14.2 Å². The molecule has 0 aliphatic carbocycles. The number of nitrogens with one attached hydrogen (secondary N) is 1. The van der Waals surface area contributed by atoms with Crippen molar-refractivity contribution in [3.8, 4) is 5.75 Å². The number of esters is 1. The average Bonchev–Trinajstić information content (AvgIpc) is 2.50. The molecule has 1 atom stereocenters. The Hall–Kier alpha value is -1.96. The van der Waals surface area contributed by atoms with Gasteiger partial charge >= 0.3 is 5.97 Å². The molecule has 0 fully saturated rings. The maximum Gasteiger partial charge on any atom is 0.328 e. The lowest BCUT2D eigenvalue weighted by molar-refractivity contribution is -0.142. The summed E-state index contributed by atoms with van der Waals surface area (Å²) in [6.45, 7) is 0. The molecule has 0 aromatic carbocycles. The van der Waals surface area contributed by atoms with E-state index in [4.69, 9.17) is 9.15 Å². The lowest BCUT2D eigenvalue weighted by atomic mass is 10.2. The van der Waals surface area contributed by atoms with Gasteiger partial charge in [-0.05, 0) is 18.4 Å². The van der Waals surface area contributed by atoms with Crippen LogP contribution < -0.4 is 15.5 Å². The van der Waals surface area contributed by atoms with Crippen LogP contribution in [0.1, 0.15) is 17.0 Å². The third-order valence-electron chi connectivity index (χ3n) is 2.64. The van der Waals surface area contributed by atoms with E-state index in [-0.39, 0.29) is 11.5 Å². The second-order valence-electron chi connectivity index (χ2n) is 4.01. The van der Waals surface area contributed by atoms with Crippen molar-refractivity contribution in [1.82, 2.24) is 5.32 Å². The first-order valence-corrected chi connectivity index (χ1v) is 7.47. The lowest BCUT2D eigenvalue weighted by Gasteiger charge is -2.15. The summed E-state index contributed by atoms with van der Waals surface area (Å²) >= 11 is 1.54. The summed E-state index contributed by atoms with van der Waals surface area (Å²) in [5.74, 6) is -0.733. The van der Waals surface area contributed by atoms with Crippen LogP contribution in [-0.4, -0.2) is 44.1 Å². The van der Waals surface area contributed by atoms with Crippen molar-refractivity contribution in [2.24, 2.45) is 0 Å². The molecule has 1 heterocycles. The molecule has 0 unspecified atom stereocenters. The zero-order chi connectivity index (χ0) is 15.8. The summed E-state index contributed by atoms with van der Waals surface area (Å²) in [5.41, 5.74) is -0.479. The minimum Gasteiger partial charge on any atom is -0.490 e. The van der Waals surface area contributed by atoms with E-state index in [2.05, 4.69) is 10.1 Å². The average molecular weight is 315 g/mol. The smallest absolute Gasteiger partial charge is 0.328 e. The van der Waals surface area contributed by atoms with Gasteiger partial charge in [0, 0.05) is 6.07 Å². The number of hydrogen-bond donors (Lipinski definition) is 1. The maximum absolute atomic E-state index is 12.0. The fourth-order valence-electron chi connectivity index (χ4n) is 1.52. The predicted octanol–water partition coefficient (Wildman–Crippen LogP) is 0.673. The van der Waals surface area contributed by atoms with Crippen LogP contribution in [0.15, 0.2) is 21.5 Å². The molecule has 0 saturated carbocycles. The third-order valence-corrected chi connectivity index (χ3v) is 3.29. The van der Waals surface area contributed by atoms with Crippen molar-refractivity contribution in [3.63, 3.8) is 0 Å². The van der Waals surface area contributed by atoms with Crippen LogP contribution in [0.3, 0.4) is 0 Å². The SMILES string of the molecule is COC(=O)[C@H](CCSC)NC(=O)c1cc(=O)c(OC)co1. The molecule has 1 aromatic heterocycles. The fourth-order valence-corrected chi connectivity index (χ4v) is 1.99. The normalized spacial score (nSPS) is 11.6. The molecule has 116 valence electrons. The van der Waals surface area contributed by atoms with E-state index in [1.54, 1.807) is 0 Å². The van der Waals surface area contributed by atoms with Gasteiger partial charge in [-0.2, -0.15) is 11.8 Å². The van der Waals surface area contributed by atoms with Gasteiger partial charge < -0.3 is 19.2 Å². The zero-order valence-electron chi connectivity index (χ0n) is 12.0. The molecule has 1 rings (SSSR count). The summed E-state index contributed by atoms with van der Waals surface area (Å²) in [6.07, 6.45) is 3.35. The molecule has 7 nitrogen and oxygen atoms in total. The van der Waals surface area contributed by atoms with E-state index in [1.807, 2.05) is 6.26 Å². The largest absolute Gasteiger partial charge is 0.490 e. The van der Waals surface area contributed by atoms with Gasteiger partial charge in [-0.1, -0.05) is 0 Å². The molecular weight excluding hydrogens is 298 g/mol. The van der Waals surface area contributed by atoms with Crippen LogP contribution in [0.25, 0.3) is 0 Å². The Morgan fingerprint density at radius 1 is 1.43 bits per heavy atom. The van der Waals surface area contributed by atoms with Gasteiger partial charge in [0.1, 0.15) is 12.3 Å². The Bertz CT molecular complexity index is 556. The molecule has 21 heavy (non-hydrogen) atoms. The van der Waals surface area contributed by atoms with Gasteiger partial charge in [-0.25, -0.2) is 4.79 Å². The highest BCUT2D eigenvalue weighted by molar-refractivity contribution is 7.98. The molecule has 0 bridgehead atoms. The van der Waals surface area contributed by atoms with Crippen LogP contribution in [-0.2, 0) is 9.53 Å². The summed E-state index contributed by atoms with van der Waals surface area (Å²) in [7, 11) is 2.57. The number of carbonyl (C=O) groups excluding carboxylic acids is 2. The van der Waals surface area contributed by atoms with Gasteiger partial charge in [0.25, 0.3) is 5.91 Å². The molecule has 0 aliphatic rings. The van der Waals surface area contributed by atoms with E-state index >= 15 is 0 Å². The van der Waals surface area contributed by atoms with Crippen molar-refractivity contribution >= 4 is 23.6 Å². The third kappa shape index (κ3) is 4.82. The number of rotatable bonds is 7. The first kappa shape index (κ1) is 17.1. The second-order valence-corrected chi connectivity index (χ2v) is 4.99. The van der Waals surface area contributed by atoms with Crippen molar-refractivity contribution in [2.75, 3.05) is 26.2 Å². The summed E-state index contributed by atoms with van der Waals surface area (Å²) in [5, 5.41) is 2.48. The fraction of sp³-hybridized carbons (Fsp3) is 0.462. The highest BCUT2D eigenvalue weighted by atomic mass is 32.2. The molecular formula is C13H17NO6S. The summed E-state index contributed by atoms with van der Waals surface area (Å²) in [6, 6.07) is 0.222. The van der Waals surface area contributed by atoms with Gasteiger partial charge in [-0.15, -0.1) is 0 Å². The van der Waals surface area contributed by atoms with Crippen molar-refractivity contribution in [1.29, 1.82) is 0 Å². The second kappa shape index (κ2) is 8.35. The first-order valence-electron chi connectivity index (χ1n) is 6.08. The number of amides is 1. The van der Waals surface area contributed by atoms with Gasteiger partial charge in [0.2, 0.25) is 11.2 Å². The Morgan fingerprint density at radius 2 is 2.14 bits per heavy atom. The Labute approximate surface area is 126 Å². The minimum atomic E-state index is -0.789. The van der Waals surface area contributed by atoms with E-state index in [9.17, 15) is 14.4 Å². The number of ether oxygens (including phenoxy) is 2. The molecule has 0 aliphatic heterocycles. The monoisotopic (exact) mass is 315 g/mol. The number of carbonyl (C=O) groups is 2. The topological polar surface area (TPSA) is 94.8 Å². The highest BCUT2D eigenvalue weighted by Gasteiger charge is 2.23. The molecule has 1 aromatic rings. The van der Waals surface area contributed by atoms with Crippen LogP contribution in [0.4, 0.5) is 0 Å². The van der Waals surface area contributed by atoms with E-state index < -0.39 is 23.3 Å². The predicted molar refractivity (Wildman–Crippen MR) is 77.8 cm³/mol. The van der Waals surface area contributed by atoms with E-state index in [1.165, 1.54) is 26.0 Å². The van der Waals surface area contributed by atoms with Crippen molar-refractivity contribution < 1.29 is 23.5 Å². The standard InChI is InChI=1S/C13H17NO6S/c1-18-11-7-20-10(6-9(11)15)12(16)14-8(4-5-21-3)13(17)19-2/h6-8H,4-5H2,1-3H3,(H,14,16)/t8-/m0/s1. The molecule has 1 N–H and O–H groups in total. The van der Waals surface area contributed by atoms with E-state index in [0.717, 1.165) is 12.3 Å². The summed E-state index contributed by atoms with van der Waals surface area (Å²) in [4.78, 5) is 35.1. The van der Waals surface area contributed by atoms with Crippen LogP contribution in [0.2, 0.25) is 0 Å². The van der Waals surface area contributed by atoms with Gasteiger partial charge in [-0.3, -0.25) is 9.59 Å². The molecule has 1 amide bonds. The Morgan fingerprint density at radius 3 is 2.67 bits per heavy atom. The van der Waals surface area contributed by atoms with Crippen LogP contribution in [0.5, 0.6) is 5.75 Å². The first-order chi connectivity index (χ1) is 10.0. The maximum atomic E-state index is 12.0. The highest BCUT2D eigenvalue weighted by Crippen LogP contribution is 2.07. The van der Waals surface area contributed by atoms with Crippen molar-refractivity contribution in [3.05, 3.63) is 28.3 Å². The summed E-state index contributed by atoms with van der Waals surface area (Å²) < 4.78 is 14.4. The molecule has 0 radical (unpaired) electrons. The van der Waals surface area contributed by atoms with E-state index in [0.29, 0.717) is 12.2 Å². The van der Waals surface area contributed by atoms with Gasteiger partial charge in [0.15, 0.2) is 5.76 Å². The molecule has 0 spiro atoms. The molecule has 8 heteroatoms. The zero-order valence-corrected chi connectivity index (χ0v) is 12.8. The minimum absolute atomic E-state index is 0.00143. The number of hydrogen-bond acceptors (Lipinski definition) is 7. The molecule has 0 saturated heterocycles. The Kier molecular flexibility index (Phi) is 6.80. The van der Waals surface area contributed by atoms with Crippen LogP contribution >= 0.6 is 11.8 Å². The quantitative estimate of drug-likeness (QED) is 0.739. The number of methoxy groups -OCH3 is 2. The number of thioether (sulfide) groups is 1. The lowest BCUT2D eigenvalue weighted by Crippen LogP contribution is -2.42. The van der Waals surface area contributed by atoms with Crippen LogP contribution in [0, 0.1) is 0 Å².